The Balaban J connectivity index is 1.86. The van der Waals surface area contributed by atoms with Crippen LogP contribution in [0.3, 0.4) is 0 Å². The number of hydrogen-bond donors (Lipinski definition) is 0. The predicted octanol–water partition coefficient (Wildman–Crippen LogP) is 5.10. The first-order chi connectivity index (χ1) is 11.1. The normalized spacial score (nSPS) is 10.7. The molecule has 2 aromatic heterocycles. The first-order valence-electron chi connectivity index (χ1n) is 7.23. The zero-order chi connectivity index (χ0) is 16.2. The van der Waals surface area contributed by atoms with Gasteiger partial charge in [0.25, 0.3) is 5.91 Å². The fourth-order valence-corrected chi connectivity index (χ4v) is 3.78. The number of nitrogens with zero attached hydrogens (tertiary/aromatic N) is 1. The van der Waals surface area contributed by atoms with Crippen molar-refractivity contribution >= 4 is 28.6 Å². The maximum atomic E-state index is 13.5. The number of amides is 1. The van der Waals surface area contributed by atoms with E-state index in [0.29, 0.717) is 24.2 Å². The van der Waals surface area contributed by atoms with E-state index in [-0.39, 0.29) is 11.7 Å². The molecule has 0 N–H and O–H groups in total. The third kappa shape index (κ3) is 3.86. The molecule has 2 heterocycles. The van der Waals surface area contributed by atoms with Crippen LogP contribution in [-0.4, -0.2) is 10.8 Å². The Bertz CT molecular complexity index is 745. The molecule has 23 heavy (non-hydrogen) atoms. The molecule has 2 nitrogen and oxygen atoms in total. The average Bonchev–Trinajstić information content (AvgIpc) is 3.22. The van der Waals surface area contributed by atoms with Crippen LogP contribution in [0.2, 0.25) is 0 Å². The summed E-state index contributed by atoms with van der Waals surface area (Å²) in [7, 11) is 0. The number of rotatable bonds is 5. The van der Waals surface area contributed by atoms with Crippen LogP contribution in [0.5, 0.6) is 0 Å². The molecule has 1 amide bonds. The number of aryl methyl sites for hydroxylation is 1. The maximum Gasteiger partial charge on any atom is 0.254 e. The fraction of sp³-hybridized carbons (Fsp3) is 0.167. The van der Waals surface area contributed by atoms with E-state index in [1.807, 2.05) is 39.9 Å². The number of carbonyl (C=O) groups is 1. The van der Waals surface area contributed by atoms with Crippen LogP contribution in [0.1, 0.15) is 25.7 Å². The lowest BCUT2D eigenvalue weighted by Gasteiger charge is -2.22. The third-order valence-electron chi connectivity index (χ3n) is 3.55. The van der Waals surface area contributed by atoms with Gasteiger partial charge in [-0.2, -0.15) is 0 Å². The Hall–Kier alpha value is -1.98. The quantitative estimate of drug-likeness (QED) is 0.630. The minimum atomic E-state index is -0.287. The van der Waals surface area contributed by atoms with Gasteiger partial charge < -0.3 is 4.90 Å². The van der Waals surface area contributed by atoms with Crippen LogP contribution in [0, 0.1) is 12.7 Å². The van der Waals surface area contributed by atoms with Gasteiger partial charge in [0.2, 0.25) is 0 Å². The highest BCUT2D eigenvalue weighted by Gasteiger charge is 2.18. The molecule has 0 saturated carbocycles. The van der Waals surface area contributed by atoms with Gasteiger partial charge in [-0.05, 0) is 53.6 Å². The number of hydrogen-bond acceptors (Lipinski definition) is 3. The van der Waals surface area contributed by atoms with Crippen LogP contribution in [0.4, 0.5) is 4.39 Å². The second-order valence-electron chi connectivity index (χ2n) is 5.28. The molecule has 0 spiro atoms. The van der Waals surface area contributed by atoms with Crippen molar-refractivity contribution in [1.82, 2.24) is 4.90 Å². The standard InChI is InChI=1S/C18H16FNOS2/c1-13-10-14(6-7-17(13)19)18(21)20(11-15-4-2-8-22-15)12-16-5-3-9-23-16/h2-10H,11-12H2,1H3. The minimum Gasteiger partial charge on any atom is -0.328 e. The van der Waals surface area contributed by atoms with Gasteiger partial charge in [-0.3, -0.25) is 4.79 Å². The van der Waals surface area contributed by atoms with E-state index in [2.05, 4.69) is 0 Å². The van der Waals surface area contributed by atoms with Gasteiger partial charge in [0.05, 0.1) is 13.1 Å². The highest BCUT2D eigenvalue weighted by molar-refractivity contribution is 7.10. The van der Waals surface area contributed by atoms with Crippen LogP contribution < -0.4 is 0 Å². The molecular formula is C18H16FNOS2. The summed E-state index contributed by atoms with van der Waals surface area (Å²) in [6.45, 7) is 2.80. The fourth-order valence-electron chi connectivity index (χ4n) is 2.34. The highest BCUT2D eigenvalue weighted by atomic mass is 32.1. The van der Waals surface area contributed by atoms with Gasteiger partial charge in [-0.15, -0.1) is 22.7 Å². The van der Waals surface area contributed by atoms with Gasteiger partial charge in [-0.25, -0.2) is 4.39 Å². The number of carbonyl (C=O) groups excluding carboxylic acids is 1. The van der Waals surface area contributed by atoms with Gasteiger partial charge in [-0.1, -0.05) is 12.1 Å². The molecule has 0 aliphatic rings. The van der Waals surface area contributed by atoms with Gasteiger partial charge in [0, 0.05) is 15.3 Å². The lowest BCUT2D eigenvalue weighted by Crippen LogP contribution is -2.29. The molecular weight excluding hydrogens is 329 g/mol. The molecule has 1 aromatic carbocycles. The van der Waals surface area contributed by atoms with Gasteiger partial charge >= 0.3 is 0 Å². The molecule has 3 rings (SSSR count). The lowest BCUT2D eigenvalue weighted by atomic mass is 10.1. The second-order valence-corrected chi connectivity index (χ2v) is 7.35. The number of halogens is 1. The van der Waals surface area contributed by atoms with E-state index in [0.717, 1.165) is 9.75 Å². The SMILES string of the molecule is Cc1cc(C(=O)N(Cc2cccs2)Cc2cccs2)ccc1F. The van der Waals surface area contributed by atoms with E-state index in [1.165, 1.54) is 6.07 Å². The minimum absolute atomic E-state index is 0.0742. The molecule has 0 fully saturated rings. The van der Waals surface area contributed by atoms with Crippen molar-refractivity contribution in [3.05, 3.63) is 79.9 Å². The second kappa shape index (κ2) is 7.06. The molecule has 5 heteroatoms. The van der Waals surface area contributed by atoms with Crippen LogP contribution in [0.15, 0.2) is 53.2 Å². The summed E-state index contributed by atoms with van der Waals surface area (Å²) >= 11 is 3.26. The summed E-state index contributed by atoms with van der Waals surface area (Å²) in [5.74, 6) is -0.362. The van der Waals surface area contributed by atoms with Crippen molar-refractivity contribution in [3.63, 3.8) is 0 Å². The molecule has 0 saturated heterocycles. The Kier molecular flexibility index (Phi) is 4.88. The van der Waals surface area contributed by atoms with Crippen LogP contribution in [0.25, 0.3) is 0 Å². The Morgan fingerprint density at radius 2 is 1.65 bits per heavy atom. The van der Waals surface area contributed by atoms with E-state index >= 15 is 0 Å². The molecule has 118 valence electrons. The molecule has 3 aromatic rings. The van der Waals surface area contributed by atoms with Crippen molar-refractivity contribution in [2.24, 2.45) is 0 Å². The summed E-state index contributed by atoms with van der Waals surface area (Å²) in [5, 5.41) is 4.01. The summed E-state index contributed by atoms with van der Waals surface area (Å²) in [4.78, 5) is 16.9. The topological polar surface area (TPSA) is 20.3 Å². The Morgan fingerprint density at radius 3 is 2.13 bits per heavy atom. The highest BCUT2D eigenvalue weighted by Crippen LogP contribution is 2.20. The molecule has 0 aliphatic carbocycles. The molecule has 0 unspecified atom stereocenters. The first-order valence-corrected chi connectivity index (χ1v) is 8.99. The zero-order valence-corrected chi connectivity index (χ0v) is 14.3. The first kappa shape index (κ1) is 15.9. The maximum absolute atomic E-state index is 13.5. The third-order valence-corrected chi connectivity index (χ3v) is 5.27. The van der Waals surface area contributed by atoms with E-state index in [9.17, 15) is 9.18 Å². The van der Waals surface area contributed by atoms with Crippen molar-refractivity contribution in [2.45, 2.75) is 20.0 Å². The summed E-state index contributed by atoms with van der Waals surface area (Å²) in [5.41, 5.74) is 1.01. The average molecular weight is 345 g/mol. The molecule has 0 atom stereocenters. The number of thiophene rings is 2. The van der Waals surface area contributed by atoms with Crippen molar-refractivity contribution in [1.29, 1.82) is 0 Å². The van der Waals surface area contributed by atoms with Crippen molar-refractivity contribution in [3.8, 4) is 0 Å². The smallest absolute Gasteiger partial charge is 0.254 e. The summed E-state index contributed by atoms with van der Waals surface area (Å²) in [6, 6.07) is 12.5. The summed E-state index contributed by atoms with van der Waals surface area (Å²) in [6.07, 6.45) is 0. The Labute approximate surface area is 142 Å². The van der Waals surface area contributed by atoms with Gasteiger partial charge in [0.15, 0.2) is 0 Å². The zero-order valence-electron chi connectivity index (χ0n) is 12.7. The molecule has 0 radical (unpaired) electrons. The van der Waals surface area contributed by atoms with E-state index < -0.39 is 0 Å². The summed E-state index contributed by atoms with van der Waals surface area (Å²) < 4.78 is 13.5. The largest absolute Gasteiger partial charge is 0.328 e. The number of benzene rings is 1. The van der Waals surface area contributed by atoms with Crippen LogP contribution >= 0.6 is 22.7 Å². The lowest BCUT2D eigenvalue weighted by molar-refractivity contribution is 0.0733. The van der Waals surface area contributed by atoms with Crippen LogP contribution in [-0.2, 0) is 13.1 Å². The predicted molar refractivity (Wildman–Crippen MR) is 93.4 cm³/mol. The monoisotopic (exact) mass is 345 g/mol. The van der Waals surface area contributed by atoms with E-state index in [1.54, 1.807) is 41.7 Å². The van der Waals surface area contributed by atoms with Gasteiger partial charge in [0.1, 0.15) is 5.82 Å². The molecule has 0 aliphatic heterocycles. The Morgan fingerprint density at radius 1 is 1.04 bits per heavy atom. The molecule has 0 bridgehead atoms. The van der Waals surface area contributed by atoms with Crippen molar-refractivity contribution < 1.29 is 9.18 Å². The van der Waals surface area contributed by atoms with E-state index in [4.69, 9.17) is 0 Å². The van der Waals surface area contributed by atoms with Crippen molar-refractivity contribution in [2.75, 3.05) is 0 Å².